The first-order chi connectivity index (χ1) is 8.28. The summed E-state index contributed by atoms with van der Waals surface area (Å²) < 4.78 is 1.85. The predicted molar refractivity (Wildman–Crippen MR) is 70.3 cm³/mol. The van der Waals surface area contributed by atoms with E-state index < -0.39 is 5.97 Å². The van der Waals surface area contributed by atoms with Gasteiger partial charge in [0, 0.05) is 12.6 Å². The average molecular weight is 267 g/mol. The van der Waals surface area contributed by atoms with Crippen LogP contribution in [0.5, 0.6) is 0 Å². The minimum Gasteiger partial charge on any atom is -0.478 e. The van der Waals surface area contributed by atoms with E-state index >= 15 is 0 Å². The van der Waals surface area contributed by atoms with Gasteiger partial charge >= 0.3 is 5.97 Å². The molecule has 0 fully saturated rings. The first kappa shape index (κ1) is 12.9. The number of imidazole rings is 1. The third kappa shape index (κ3) is 2.48. The van der Waals surface area contributed by atoms with Crippen LogP contribution in [0.2, 0.25) is 5.15 Å². The lowest BCUT2D eigenvalue weighted by molar-refractivity contribution is 0.0697. The molecule has 2 heterocycles. The molecule has 4 nitrogen and oxygen atoms in total. The zero-order valence-electron chi connectivity index (χ0n) is 10.6. The summed E-state index contributed by atoms with van der Waals surface area (Å²) >= 11 is 6.06. The van der Waals surface area contributed by atoms with Gasteiger partial charge in [0.2, 0.25) is 0 Å². The number of rotatable bonds is 2. The van der Waals surface area contributed by atoms with Crippen molar-refractivity contribution >= 4 is 23.1 Å². The van der Waals surface area contributed by atoms with E-state index in [2.05, 4.69) is 25.8 Å². The molecule has 0 spiro atoms. The highest BCUT2D eigenvalue weighted by Crippen LogP contribution is 2.25. The van der Waals surface area contributed by atoms with Crippen LogP contribution in [0.1, 0.15) is 37.0 Å². The van der Waals surface area contributed by atoms with Crippen LogP contribution in [-0.2, 0) is 6.42 Å². The van der Waals surface area contributed by atoms with Crippen molar-refractivity contribution in [2.45, 2.75) is 27.2 Å². The second-order valence-electron chi connectivity index (χ2n) is 5.53. The Morgan fingerprint density at radius 2 is 2.17 bits per heavy atom. The molecule has 0 bridgehead atoms. The fourth-order valence-electron chi connectivity index (χ4n) is 1.84. The van der Waals surface area contributed by atoms with Crippen molar-refractivity contribution in [3.8, 4) is 0 Å². The topological polar surface area (TPSA) is 54.6 Å². The zero-order chi connectivity index (χ0) is 13.5. The van der Waals surface area contributed by atoms with Crippen LogP contribution in [0.25, 0.3) is 5.52 Å². The number of carboxylic acids is 1. The number of pyridine rings is 1. The summed E-state index contributed by atoms with van der Waals surface area (Å²) in [5.41, 5.74) is 0.943. The molecule has 2 aromatic heterocycles. The Morgan fingerprint density at radius 3 is 2.72 bits per heavy atom. The minimum atomic E-state index is -0.966. The average Bonchev–Trinajstić information content (AvgIpc) is 2.53. The number of hydrogen-bond donors (Lipinski definition) is 1. The summed E-state index contributed by atoms with van der Waals surface area (Å²) in [4.78, 5) is 15.2. The minimum absolute atomic E-state index is 0.0933. The van der Waals surface area contributed by atoms with E-state index in [-0.39, 0.29) is 11.0 Å². The van der Waals surface area contributed by atoms with Crippen LogP contribution in [-0.4, -0.2) is 20.5 Å². The molecule has 0 saturated heterocycles. The monoisotopic (exact) mass is 266 g/mol. The Balaban J connectivity index is 2.56. The van der Waals surface area contributed by atoms with Gasteiger partial charge in [-0.1, -0.05) is 32.4 Å². The molecule has 5 heteroatoms. The number of fused-ring (bicyclic) bond motifs is 1. The van der Waals surface area contributed by atoms with E-state index in [4.69, 9.17) is 16.7 Å². The Morgan fingerprint density at radius 1 is 1.50 bits per heavy atom. The molecule has 0 aromatic carbocycles. The molecule has 0 aliphatic heterocycles. The number of aromatic carboxylic acids is 1. The second-order valence-corrected chi connectivity index (χ2v) is 5.89. The zero-order valence-corrected chi connectivity index (χ0v) is 11.3. The van der Waals surface area contributed by atoms with Gasteiger partial charge in [0.1, 0.15) is 5.82 Å². The molecule has 0 radical (unpaired) electrons. The lowest BCUT2D eigenvalue weighted by Crippen LogP contribution is -2.12. The van der Waals surface area contributed by atoms with Crippen molar-refractivity contribution in [2.24, 2.45) is 5.41 Å². The molecule has 0 aliphatic rings. The van der Waals surface area contributed by atoms with E-state index in [1.165, 1.54) is 0 Å². The lowest BCUT2D eigenvalue weighted by atomic mass is 9.92. The molecular weight excluding hydrogens is 252 g/mol. The summed E-state index contributed by atoms with van der Waals surface area (Å²) in [6.07, 6.45) is 2.48. The molecule has 0 atom stereocenters. The van der Waals surface area contributed by atoms with E-state index in [1.807, 2.05) is 4.40 Å². The van der Waals surface area contributed by atoms with Gasteiger partial charge in [0.15, 0.2) is 5.15 Å². The van der Waals surface area contributed by atoms with Crippen LogP contribution < -0.4 is 0 Å². The van der Waals surface area contributed by atoms with Crippen molar-refractivity contribution in [1.82, 2.24) is 9.38 Å². The quantitative estimate of drug-likeness (QED) is 0.908. The fourth-order valence-corrected chi connectivity index (χ4v) is 2.08. The standard InChI is InChI=1S/C13H15ClN2O2/c1-13(2,3)7-10-15-11(14)9-6-8(12(17)18)4-5-16(9)10/h4-6H,7H2,1-3H3,(H,17,18). The number of halogens is 1. The lowest BCUT2D eigenvalue weighted by Gasteiger charge is -2.16. The normalized spacial score (nSPS) is 12.0. The van der Waals surface area contributed by atoms with Crippen LogP contribution in [0.3, 0.4) is 0 Å². The molecule has 0 aliphatic carbocycles. The van der Waals surface area contributed by atoms with E-state index in [0.717, 1.165) is 12.2 Å². The Labute approximate surface area is 110 Å². The Hall–Kier alpha value is -1.55. The first-order valence-electron chi connectivity index (χ1n) is 5.68. The van der Waals surface area contributed by atoms with Gasteiger partial charge in [-0.2, -0.15) is 0 Å². The van der Waals surface area contributed by atoms with Crippen molar-refractivity contribution in [1.29, 1.82) is 0 Å². The summed E-state index contributed by atoms with van der Waals surface area (Å²) in [6.45, 7) is 6.36. The maximum absolute atomic E-state index is 10.9. The van der Waals surface area contributed by atoms with Gasteiger partial charge in [0.05, 0.1) is 11.1 Å². The Kier molecular flexibility index (Phi) is 3.07. The second kappa shape index (κ2) is 4.28. The molecule has 2 aromatic rings. The van der Waals surface area contributed by atoms with Gasteiger partial charge in [-0.05, 0) is 17.5 Å². The van der Waals surface area contributed by atoms with E-state index in [1.54, 1.807) is 18.3 Å². The van der Waals surface area contributed by atoms with Crippen molar-refractivity contribution in [3.63, 3.8) is 0 Å². The van der Waals surface area contributed by atoms with Crippen LogP contribution >= 0.6 is 11.6 Å². The summed E-state index contributed by atoms with van der Waals surface area (Å²) in [5, 5.41) is 9.30. The first-order valence-corrected chi connectivity index (χ1v) is 6.05. The highest BCUT2D eigenvalue weighted by molar-refractivity contribution is 6.32. The number of hydrogen-bond acceptors (Lipinski definition) is 2. The molecule has 2 rings (SSSR count). The molecule has 0 amide bonds. The number of aromatic nitrogens is 2. The van der Waals surface area contributed by atoms with Gasteiger partial charge in [-0.25, -0.2) is 9.78 Å². The summed E-state index contributed by atoms with van der Waals surface area (Å²) in [7, 11) is 0. The van der Waals surface area contributed by atoms with E-state index in [0.29, 0.717) is 10.7 Å². The molecular formula is C13H15ClN2O2. The summed E-state index contributed by atoms with van der Waals surface area (Å²) in [6, 6.07) is 3.10. The van der Waals surface area contributed by atoms with Gasteiger partial charge in [-0.15, -0.1) is 0 Å². The molecule has 0 unspecified atom stereocenters. The van der Waals surface area contributed by atoms with Crippen molar-refractivity contribution in [2.75, 3.05) is 0 Å². The number of carboxylic acid groups (broad SMARTS) is 1. The third-order valence-electron chi connectivity index (χ3n) is 2.61. The van der Waals surface area contributed by atoms with Gasteiger partial charge in [-0.3, -0.25) is 0 Å². The highest BCUT2D eigenvalue weighted by Gasteiger charge is 2.18. The van der Waals surface area contributed by atoms with Crippen LogP contribution in [0.15, 0.2) is 18.3 Å². The molecule has 1 N–H and O–H groups in total. The maximum atomic E-state index is 10.9. The largest absolute Gasteiger partial charge is 0.478 e. The molecule has 18 heavy (non-hydrogen) atoms. The predicted octanol–water partition coefficient (Wildman–Crippen LogP) is 3.27. The molecule has 96 valence electrons. The van der Waals surface area contributed by atoms with E-state index in [9.17, 15) is 4.79 Å². The van der Waals surface area contributed by atoms with Gasteiger partial charge in [0.25, 0.3) is 0 Å². The maximum Gasteiger partial charge on any atom is 0.335 e. The SMILES string of the molecule is CC(C)(C)Cc1nc(Cl)c2cc(C(=O)O)ccn12. The van der Waals surface area contributed by atoms with Gasteiger partial charge < -0.3 is 9.51 Å². The third-order valence-corrected chi connectivity index (χ3v) is 2.89. The highest BCUT2D eigenvalue weighted by atomic mass is 35.5. The smallest absolute Gasteiger partial charge is 0.335 e. The fraction of sp³-hybridized carbons (Fsp3) is 0.385. The number of carbonyl (C=O) groups is 1. The van der Waals surface area contributed by atoms with Crippen molar-refractivity contribution < 1.29 is 9.90 Å². The Bertz CT molecular complexity index is 611. The van der Waals surface area contributed by atoms with Crippen LogP contribution in [0, 0.1) is 5.41 Å². The van der Waals surface area contributed by atoms with Crippen molar-refractivity contribution in [3.05, 3.63) is 34.9 Å². The number of nitrogens with zero attached hydrogens (tertiary/aromatic N) is 2. The summed E-state index contributed by atoms with van der Waals surface area (Å²) in [5.74, 6) is -0.119. The molecule has 0 saturated carbocycles. The van der Waals surface area contributed by atoms with Crippen LogP contribution in [0.4, 0.5) is 0 Å².